The first-order chi connectivity index (χ1) is 13.6. The van der Waals surface area contributed by atoms with Crippen molar-refractivity contribution in [1.82, 2.24) is 29.7 Å². The number of carbonyl (C=O) groups is 2. The van der Waals surface area contributed by atoms with Crippen molar-refractivity contribution in [3.05, 3.63) is 36.2 Å². The Kier molecular flexibility index (Phi) is 4.97. The lowest BCUT2D eigenvalue weighted by Gasteiger charge is -2.19. The lowest BCUT2D eigenvalue weighted by molar-refractivity contribution is -0.124. The zero-order chi connectivity index (χ0) is 19.7. The molecule has 0 radical (unpaired) electrons. The number of hydrogen-bond donors (Lipinski definition) is 1. The largest absolute Gasteiger partial charge is 0.359 e. The summed E-state index contributed by atoms with van der Waals surface area (Å²) in [7, 11) is 3.41. The van der Waals surface area contributed by atoms with Gasteiger partial charge in [-0.15, -0.1) is 0 Å². The van der Waals surface area contributed by atoms with Crippen LogP contribution in [0.1, 0.15) is 35.1 Å². The number of hydrogen-bond acceptors (Lipinski definition) is 6. The number of aryl methyl sites for hydroxylation is 1. The van der Waals surface area contributed by atoms with Gasteiger partial charge in [0.05, 0.1) is 11.6 Å². The molecule has 9 nitrogen and oxygen atoms in total. The molecule has 9 heteroatoms. The van der Waals surface area contributed by atoms with Crippen LogP contribution in [0.5, 0.6) is 0 Å². The molecule has 2 saturated heterocycles. The van der Waals surface area contributed by atoms with Crippen molar-refractivity contribution in [2.45, 2.75) is 18.8 Å². The van der Waals surface area contributed by atoms with Gasteiger partial charge < -0.3 is 19.7 Å². The Morgan fingerprint density at radius 3 is 2.61 bits per heavy atom. The molecule has 0 saturated carbocycles. The van der Waals surface area contributed by atoms with E-state index < -0.39 is 0 Å². The summed E-state index contributed by atoms with van der Waals surface area (Å²) in [6.45, 7) is 2.69. The van der Waals surface area contributed by atoms with Crippen molar-refractivity contribution in [2.24, 2.45) is 13.0 Å². The minimum atomic E-state index is -0.351. The van der Waals surface area contributed by atoms with Gasteiger partial charge in [-0.25, -0.2) is 15.0 Å². The van der Waals surface area contributed by atoms with Crippen LogP contribution in [-0.4, -0.2) is 69.5 Å². The van der Waals surface area contributed by atoms with Gasteiger partial charge in [-0.2, -0.15) is 0 Å². The smallest absolute Gasteiger partial charge is 0.289 e. The van der Waals surface area contributed by atoms with Gasteiger partial charge in [0.25, 0.3) is 5.91 Å². The fraction of sp³-hybridized carbons (Fsp3) is 0.526. The molecule has 148 valence electrons. The van der Waals surface area contributed by atoms with Crippen molar-refractivity contribution >= 4 is 17.8 Å². The third-order valence-electron chi connectivity index (χ3n) is 5.64. The number of likely N-dealkylation sites (tertiary alicyclic amines) is 1. The Labute approximate surface area is 163 Å². The zero-order valence-corrected chi connectivity index (χ0v) is 16.2. The summed E-state index contributed by atoms with van der Waals surface area (Å²) in [5.74, 6) is 0.305. The summed E-state index contributed by atoms with van der Waals surface area (Å²) in [5.41, 5.74) is 0.806. The minimum Gasteiger partial charge on any atom is -0.359 e. The van der Waals surface area contributed by atoms with E-state index in [0.717, 1.165) is 31.6 Å². The maximum Gasteiger partial charge on any atom is 0.289 e. The van der Waals surface area contributed by atoms with Crippen LogP contribution in [0.2, 0.25) is 0 Å². The van der Waals surface area contributed by atoms with Crippen molar-refractivity contribution in [3.8, 4) is 0 Å². The number of amides is 2. The number of rotatable bonds is 4. The molecule has 0 aromatic carbocycles. The average Bonchev–Trinajstić information content (AvgIpc) is 3.47. The first kappa shape index (κ1) is 18.4. The Morgan fingerprint density at radius 2 is 1.93 bits per heavy atom. The second-order valence-corrected chi connectivity index (χ2v) is 7.37. The summed E-state index contributed by atoms with van der Waals surface area (Å²) in [4.78, 5) is 42.6. The molecule has 4 heterocycles. The molecule has 1 N–H and O–H groups in total. The molecule has 2 amide bonds. The number of nitrogens with zero attached hydrogens (tertiary/aromatic N) is 6. The van der Waals surface area contributed by atoms with Gasteiger partial charge in [-0.1, -0.05) is 0 Å². The first-order valence-electron chi connectivity index (χ1n) is 9.64. The summed E-state index contributed by atoms with van der Waals surface area (Å²) in [6, 6.07) is 1.86. The Bertz CT molecular complexity index is 875. The molecule has 0 unspecified atom stereocenters. The van der Waals surface area contributed by atoms with E-state index in [1.165, 1.54) is 0 Å². The lowest BCUT2D eigenvalue weighted by Crippen LogP contribution is -2.34. The van der Waals surface area contributed by atoms with Gasteiger partial charge in [0.15, 0.2) is 5.82 Å². The van der Waals surface area contributed by atoms with Crippen molar-refractivity contribution in [3.63, 3.8) is 0 Å². The second kappa shape index (κ2) is 7.57. The van der Waals surface area contributed by atoms with Crippen LogP contribution in [0.15, 0.2) is 24.7 Å². The van der Waals surface area contributed by atoms with E-state index in [1.54, 1.807) is 42.2 Å². The van der Waals surface area contributed by atoms with E-state index >= 15 is 0 Å². The highest BCUT2D eigenvalue weighted by Gasteiger charge is 2.42. The van der Waals surface area contributed by atoms with Crippen LogP contribution in [0.25, 0.3) is 0 Å². The maximum absolute atomic E-state index is 12.9. The molecule has 2 atom stereocenters. The predicted molar refractivity (Wildman–Crippen MR) is 103 cm³/mol. The molecular weight excluding hydrogens is 358 g/mol. The van der Waals surface area contributed by atoms with Crippen LogP contribution < -0.4 is 10.2 Å². The summed E-state index contributed by atoms with van der Waals surface area (Å²) >= 11 is 0. The van der Waals surface area contributed by atoms with Gasteiger partial charge in [0.1, 0.15) is 0 Å². The van der Waals surface area contributed by atoms with Crippen LogP contribution in [-0.2, 0) is 11.8 Å². The van der Waals surface area contributed by atoms with Crippen molar-refractivity contribution in [1.29, 1.82) is 0 Å². The maximum atomic E-state index is 12.9. The molecule has 0 spiro atoms. The molecular formula is C19H25N7O2. The Balaban J connectivity index is 1.61. The molecule has 2 aromatic rings. The summed E-state index contributed by atoms with van der Waals surface area (Å²) in [5, 5.41) is 2.73. The van der Waals surface area contributed by atoms with Crippen LogP contribution >= 0.6 is 0 Å². The van der Waals surface area contributed by atoms with E-state index in [1.807, 2.05) is 6.07 Å². The van der Waals surface area contributed by atoms with Gasteiger partial charge in [0, 0.05) is 64.8 Å². The molecule has 4 rings (SSSR count). The Hall–Kier alpha value is -2.97. The van der Waals surface area contributed by atoms with Crippen LogP contribution in [0.3, 0.4) is 0 Å². The molecule has 2 fully saturated rings. The number of aromatic nitrogens is 4. The molecule has 2 aliphatic heterocycles. The van der Waals surface area contributed by atoms with Crippen LogP contribution in [0.4, 0.5) is 5.95 Å². The van der Waals surface area contributed by atoms with Gasteiger partial charge >= 0.3 is 0 Å². The average molecular weight is 383 g/mol. The third-order valence-corrected chi connectivity index (χ3v) is 5.64. The topological polar surface area (TPSA) is 96.2 Å². The summed E-state index contributed by atoms with van der Waals surface area (Å²) in [6.07, 6.45) is 7.38. The van der Waals surface area contributed by atoms with E-state index in [9.17, 15) is 9.59 Å². The zero-order valence-electron chi connectivity index (χ0n) is 16.2. The van der Waals surface area contributed by atoms with Gasteiger partial charge in [-0.3, -0.25) is 9.59 Å². The minimum absolute atomic E-state index is 0.0820. The lowest BCUT2D eigenvalue weighted by atomic mass is 9.92. The number of anilines is 1. The highest BCUT2D eigenvalue weighted by Crippen LogP contribution is 2.33. The van der Waals surface area contributed by atoms with E-state index in [4.69, 9.17) is 4.98 Å². The fourth-order valence-corrected chi connectivity index (χ4v) is 4.07. The van der Waals surface area contributed by atoms with E-state index in [-0.39, 0.29) is 23.7 Å². The van der Waals surface area contributed by atoms with Crippen molar-refractivity contribution < 1.29 is 9.59 Å². The second-order valence-electron chi connectivity index (χ2n) is 7.37. The third kappa shape index (κ3) is 3.32. The summed E-state index contributed by atoms with van der Waals surface area (Å²) < 4.78 is 1.70. The normalized spacial score (nSPS) is 21.9. The number of carbonyl (C=O) groups excluding carboxylic acids is 2. The molecule has 0 bridgehead atoms. The fourth-order valence-electron chi connectivity index (χ4n) is 4.07. The van der Waals surface area contributed by atoms with Gasteiger partial charge in [-0.05, 0) is 18.9 Å². The SMILES string of the molecule is CNC(=O)[C@@H]1CN(C(=O)c2nccn2C)C[C@H]1c1ccnc(N2CCCC2)n1. The van der Waals surface area contributed by atoms with Gasteiger partial charge in [0.2, 0.25) is 11.9 Å². The highest BCUT2D eigenvalue weighted by molar-refractivity contribution is 5.92. The predicted octanol–water partition coefficient (Wildman–Crippen LogP) is 0.412. The number of nitrogens with one attached hydrogen (secondary N) is 1. The number of imidazole rings is 1. The highest BCUT2D eigenvalue weighted by atomic mass is 16.2. The standard InChI is InChI=1S/C19H25N7O2/c1-20-17(27)14-12-26(18(28)16-21-7-10-24(16)2)11-13(14)15-5-6-22-19(23-15)25-8-3-4-9-25/h5-7,10,13-14H,3-4,8-9,11-12H2,1-2H3,(H,20,27)/t13-,14-/m1/s1. The molecule has 2 aromatic heterocycles. The Morgan fingerprint density at radius 1 is 1.14 bits per heavy atom. The van der Waals surface area contributed by atoms with Crippen LogP contribution in [0, 0.1) is 5.92 Å². The molecule has 2 aliphatic rings. The first-order valence-corrected chi connectivity index (χ1v) is 9.64. The molecule has 28 heavy (non-hydrogen) atoms. The van der Waals surface area contributed by atoms with E-state index in [2.05, 4.69) is 20.2 Å². The van der Waals surface area contributed by atoms with Crippen molar-refractivity contribution in [2.75, 3.05) is 38.1 Å². The van der Waals surface area contributed by atoms with E-state index in [0.29, 0.717) is 24.9 Å². The molecule has 0 aliphatic carbocycles. The monoisotopic (exact) mass is 383 g/mol. The quantitative estimate of drug-likeness (QED) is 0.822.